The summed E-state index contributed by atoms with van der Waals surface area (Å²) in [5.41, 5.74) is 2.73. The molecule has 0 aliphatic rings. The number of rotatable bonds is 4. The van der Waals surface area contributed by atoms with Crippen LogP contribution in [0.25, 0.3) is 0 Å². The third-order valence-electron chi connectivity index (χ3n) is 2.40. The fourth-order valence-electron chi connectivity index (χ4n) is 1.50. The maximum atomic E-state index is 12.7. The SMILES string of the molecule is CC(=O)NNC(=O)COC(=O)Cc1ccccc1C(F)(F)F. The summed E-state index contributed by atoms with van der Waals surface area (Å²) < 4.78 is 42.7. The first-order chi connectivity index (χ1) is 10.2. The highest BCUT2D eigenvalue weighted by Crippen LogP contribution is 2.32. The highest BCUT2D eigenvalue weighted by molar-refractivity contribution is 5.83. The quantitative estimate of drug-likeness (QED) is 0.640. The first-order valence-corrected chi connectivity index (χ1v) is 6.06. The molecule has 0 saturated heterocycles. The summed E-state index contributed by atoms with van der Waals surface area (Å²) in [5.74, 6) is -2.33. The van der Waals surface area contributed by atoms with Crippen molar-refractivity contribution in [3.63, 3.8) is 0 Å². The van der Waals surface area contributed by atoms with Crippen LogP contribution in [-0.4, -0.2) is 24.4 Å². The van der Waals surface area contributed by atoms with Gasteiger partial charge < -0.3 is 4.74 Å². The Bertz CT molecular complexity index is 573. The fraction of sp³-hybridized carbons (Fsp3) is 0.308. The smallest absolute Gasteiger partial charge is 0.416 e. The van der Waals surface area contributed by atoms with Crippen LogP contribution >= 0.6 is 0 Å². The van der Waals surface area contributed by atoms with Gasteiger partial charge in [0.1, 0.15) is 0 Å². The van der Waals surface area contributed by atoms with Crippen LogP contribution in [-0.2, 0) is 31.7 Å². The molecule has 2 amide bonds. The van der Waals surface area contributed by atoms with Crippen LogP contribution in [0.15, 0.2) is 24.3 Å². The molecule has 120 valence electrons. The molecule has 1 rings (SSSR count). The van der Waals surface area contributed by atoms with E-state index in [4.69, 9.17) is 0 Å². The average Bonchev–Trinajstić information content (AvgIpc) is 2.42. The Morgan fingerprint density at radius 3 is 2.36 bits per heavy atom. The highest BCUT2D eigenvalue weighted by atomic mass is 19.4. The summed E-state index contributed by atoms with van der Waals surface area (Å²) >= 11 is 0. The van der Waals surface area contributed by atoms with E-state index in [1.807, 2.05) is 10.9 Å². The number of carbonyl (C=O) groups excluding carboxylic acids is 3. The maximum absolute atomic E-state index is 12.7. The zero-order valence-electron chi connectivity index (χ0n) is 11.5. The zero-order valence-corrected chi connectivity index (χ0v) is 11.5. The molecule has 0 unspecified atom stereocenters. The molecule has 0 saturated carbocycles. The number of ether oxygens (including phenoxy) is 1. The number of alkyl halides is 3. The minimum absolute atomic E-state index is 0.248. The van der Waals surface area contributed by atoms with Gasteiger partial charge in [0.15, 0.2) is 6.61 Å². The molecule has 1 aromatic rings. The molecule has 6 nitrogen and oxygen atoms in total. The fourth-order valence-corrected chi connectivity index (χ4v) is 1.50. The van der Waals surface area contributed by atoms with Crippen molar-refractivity contribution in [3.8, 4) is 0 Å². The predicted molar refractivity (Wildman–Crippen MR) is 68.1 cm³/mol. The van der Waals surface area contributed by atoms with Gasteiger partial charge in [-0.25, -0.2) is 0 Å². The molecule has 0 atom stereocenters. The van der Waals surface area contributed by atoms with Gasteiger partial charge in [0.2, 0.25) is 5.91 Å². The van der Waals surface area contributed by atoms with Crippen molar-refractivity contribution in [1.82, 2.24) is 10.9 Å². The molecule has 0 aromatic heterocycles. The van der Waals surface area contributed by atoms with Crippen LogP contribution in [0.1, 0.15) is 18.1 Å². The number of esters is 1. The van der Waals surface area contributed by atoms with Gasteiger partial charge in [-0.2, -0.15) is 13.2 Å². The summed E-state index contributed by atoms with van der Waals surface area (Å²) in [6, 6.07) is 4.58. The molecule has 9 heteroatoms. The van der Waals surface area contributed by atoms with Crippen molar-refractivity contribution < 1.29 is 32.3 Å². The second kappa shape index (κ2) is 7.43. The van der Waals surface area contributed by atoms with Crippen LogP contribution in [0.5, 0.6) is 0 Å². The standard InChI is InChI=1S/C13H13F3N2O4/c1-8(19)17-18-11(20)7-22-12(21)6-9-4-2-3-5-10(9)13(14,15)16/h2-5H,6-7H2,1H3,(H,17,19)(H,18,20). The van der Waals surface area contributed by atoms with Gasteiger partial charge in [-0.3, -0.25) is 25.2 Å². The number of nitrogens with one attached hydrogen (secondary N) is 2. The number of carbonyl (C=O) groups is 3. The van der Waals surface area contributed by atoms with Crippen molar-refractivity contribution in [3.05, 3.63) is 35.4 Å². The molecular formula is C13H13F3N2O4. The molecule has 0 heterocycles. The van der Waals surface area contributed by atoms with Gasteiger partial charge in [0.05, 0.1) is 12.0 Å². The summed E-state index contributed by atoms with van der Waals surface area (Å²) in [5, 5.41) is 0. The number of benzene rings is 1. The molecule has 22 heavy (non-hydrogen) atoms. The van der Waals surface area contributed by atoms with Gasteiger partial charge in [0, 0.05) is 6.92 Å². The number of amides is 2. The van der Waals surface area contributed by atoms with Crippen LogP contribution in [0, 0.1) is 0 Å². The van der Waals surface area contributed by atoms with Gasteiger partial charge in [-0.15, -0.1) is 0 Å². The Morgan fingerprint density at radius 2 is 1.77 bits per heavy atom. The Labute approximate surface area is 123 Å². The van der Waals surface area contributed by atoms with Crippen LogP contribution in [0.2, 0.25) is 0 Å². The zero-order chi connectivity index (χ0) is 16.8. The van der Waals surface area contributed by atoms with Crippen molar-refractivity contribution in [2.45, 2.75) is 19.5 Å². The molecule has 0 aliphatic heterocycles. The summed E-state index contributed by atoms with van der Waals surface area (Å²) in [6.07, 6.45) is -5.21. The first kappa shape index (κ1) is 17.5. The molecule has 0 fully saturated rings. The molecule has 2 N–H and O–H groups in total. The lowest BCUT2D eigenvalue weighted by molar-refractivity contribution is -0.148. The second-order valence-electron chi connectivity index (χ2n) is 4.22. The molecule has 0 bridgehead atoms. The van der Waals surface area contributed by atoms with E-state index in [1.54, 1.807) is 0 Å². The lowest BCUT2D eigenvalue weighted by atomic mass is 10.0. The van der Waals surface area contributed by atoms with E-state index in [1.165, 1.54) is 12.1 Å². The van der Waals surface area contributed by atoms with E-state index in [0.29, 0.717) is 0 Å². The molecule has 1 aromatic carbocycles. The van der Waals surface area contributed by atoms with E-state index >= 15 is 0 Å². The monoisotopic (exact) mass is 318 g/mol. The van der Waals surface area contributed by atoms with Crippen molar-refractivity contribution in [2.75, 3.05) is 6.61 Å². The second-order valence-corrected chi connectivity index (χ2v) is 4.22. The number of hydrogen-bond acceptors (Lipinski definition) is 4. The number of halogens is 3. The lowest BCUT2D eigenvalue weighted by Gasteiger charge is -2.12. The summed E-state index contributed by atoms with van der Waals surface area (Å²) in [4.78, 5) is 33.1. The van der Waals surface area contributed by atoms with E-state index in [-0.39, 0.29) is 5.56 Å². The third-order valence-corrected chi connectivity index (χ3v) is 2.40. The summed E-state index contributed by atoms with van der Waals surface area (Å²) in [6.45, 7) is 0.438. The molecule has 0 radical (unpaired) electrons. The van der Waals surface area contributed by atoms with Crippen LogP contribution in [0.4, 0.5) is 13.2 Å². The highest BCUT2D eigenvalue weighted by Gasteiger charge is 2.33. The third kappa shape index (κ3) is 5.81. The normalized spacial score (nSPS) is 10.7. The Balaban J connectivity index is 2.56. The number of hydrazine groups is 1. The average molecular weight is 318 g/mol. The van der Waals surface area contributed by atoms with Crippen molar-refractivity contribution in [2.24, 2.45) is 0 Å². The Morgan fingerprint density at radius 1 is 1.14 bits per heavy atom. The van der Waals surface area contributed by atoms with E-state index < -0.39 is 42.6 Å². The first-order valence-electron chi connectivity index (χ1n) is 6.06. The molecule has 0 spiro atoms. The van der Waals surface area contributed by atoms with Gasteiger partial charge in [0.25, 0.3) is 5.91 Å². The minimum Gasteiger partial charge on any atom is -0.455 e. The predicted octanol–water partition coefficient (Wildman–Crippen LogP) is 0.958. The Hall–Kier alpha value is -2.58. The largest absolute Gasteiger partial charge is 0.455 e. The maximum Gasteiger partial charge on any atom is 0.416 e. The molecule has 0 aliphatic carbocycles. The van der Waals surface area contributed by atoms with Gasteiger partial charge in [-0.05, 0) is 11.6 Å². The van der Waals surface area contributed by atoms with Crippen LogP contribution < -0.4 is 10.9 Å². The van der Waals surface area contributed by atoms with Gasteiger partial charge in [-0.1, -0.05) is 18.2 Å². The Kier molecular flexibility index (Phi) is 5.90. The summed E-state index contributed by atoms with van der Waals surface area (Å²) in [7, 11) is 0. The van der Waals surface area contributed by atoms with E-state index in [9.17, 15) is 27.6 Å². The topological polar surface area (TPSA) is 84.5 Å². The van der Waals surface area contributed by atoms with Crippen LogP contribution in [0.3, 0.4) is 0 Å². The van der Waals surface area contributed by atoms with Crippen molar-refractivity contribution >= 4 is 17.8 Å². The minimum atomic E-state index is -4.58. The lowest BCUT2D eigenvalue weighted by Crippen LogP contribution is -2.42. The van der Waals surface area contributed by atoms with E-state index in [2.05, 4.69) is 4.74 Å². The van der Waals surface area contributed by atoms with E-state index in [0.717, 1.165) is 19.1 Å². The number of hydrogen-bond donors (Lipinski definition) is 2. The van der Waals surface area contributed by atoms with Gasteiger partial charge >= 0.3 is 12.1 Å². The van der Waals surface area contributed by atoms with Crippen molar-refractivity contribution in [1.29, 1.82) is 0 Å². The molecular weight excluding hydrogens is 305 g/mol.